The van der Waals surface area contributed by atoms with Gasteiger partial charge in [0.15, 0.2) is 0 Å². The van der Waals surface area contributed by atoms with Crippen molar-refractivity contribution in [3.05, 3.63) is 35.9 Å². The van der Waals surface area contributed by atoms with Crippen molar-refractivity contribution in [1.82, 2.24) is 0 Å². The number of benzene rings is 1. The van der Waals surface area contributed by atoms with Gasteiger partial charge >= 0.3 is 5.97 Å². The van der Waals surface area contributed by atoms with E-state index in [1.54, 1.807) is 0 Å². The van der Waals surface area contributed by atoms with Crippen molar-refractivity contribution in [1.29, 1.82) is 0 Å². The van der Waals surface area contributed by atoms with Crippen LogP contribution in [-0.2, 0) is 4.79 Å². The molecule has 0 fully saturated rings. The Kier molecular flexibility index (Phi) is 4.50. The van der Waals surface area contributed by atoms with Crippen LogP contribution in [0.15, 0.2) is 30.3 Å². The number of hydrogen-bond donors (Lipinski definition) is 2. The van der Waals surface area contributed by atoms with Crippen LogP contribution in [0.4, 0.5) is 0 Å². The van der Waals surface area contributed by atoms with Crippen molar-refractivity contribution in [2.45, 2.75) is 32.2 Å². The van der Waals surface area contributed by atoms with Gasteiger partial charge in [0.25, 0.3) is 0 Å². The maximum absolute atomic E-state index is 10.9. The third-order valence-electron chi connectivity index (χ3n) is 2.86. The second-order valence-electron chi connectivity index (χ2n) is 4.44. The molecule has 0 saturated carbocycles. The molecule has 0 radical (unpaired) electrons. The molecule has 16 heavy (non-hydrogen) atoms. The van der Waals surface area contributed by atoms with Crippen molar-refractivity contribution in [2.24, 2.45) is 11.7 Å². The van der Waals surface area contributed by atoms with E-state index in [-0.39, 0.29) is 24.3 Å². The van der Waals surface area contributed by atoms with Crippen LogP contribution in [0.1, 0.15) is 31.7 Å². The topological polar surface area (TPSA) is 63.3 Å². The molecular weight excluding hydrogens is 202 g/mol. The summed E-state index contributed by atoms with van der Waals surface area (Å²) < 4.78 is 0. The molecule has 3 nitrogen and oxygen atoms in total. The van der Waals surface area contributed by atoms with Gasteiger partial charge in [-0.25, -0.2) is 0 Å². The number of carbonyl (C=O) groups is 1. The first-order valence-corrected chi connectivity index (χ1v) is 5.54. The SMILES string of the molecule is CC(C)[C@@H](N)[C@H](CC(=O)O)c1ccccc1. The highest BCUT2D eigenvalue weighted by molar-refractivity contribution is 5.68. The lowest BCUT2D eigenvalue weighted by atomic mass is 9.83. The average Bonchev–Trinajstić information content (AvgIpc) is 2.26. The molecule has 0 aliphatic carbocycles. The predicted molar refractivity (Wildman–Crippen MR) is 64.2 cm³/mol. The molecule has 3 heteroatoms. The van der Waals surface area contributed by atoms with Crippen LogP contribution in [0.25, 0.3) is 0 Å². The third kappa shape index (κ3) is 3.35. The van der Waals surface area contributed by atoms with Gasteiger partial charge in [-0.05, 0) is 11.5 Å². The lowest BCUT2D eigenvalue weighted by Crippen LogP contribution is -2.34. The summed E-state index contributed by atoms with van der Waals surface area (Å²) in [5.74, 6) is -0.645. The number of carboxylic acid groups (broad SMARTS) is 1. The number of hydrogen-bond acceptors (Lipinski definition) is 2. The quantitative estimate of drug-likeness (QED) is 0.801. The Balaban J connectivity index is 2.91. The van der Waals surface area contributed by atoms with E-state index in [0.717, 1.165) is 5.56 Å². The van der Waals surface area contributed by atoms with Gasteiger partial charge in [-0.15, -0.1) is 0 Å². The van der Waals surface area contributed by atoms with Crippen molar-refractivity contribution in [2.75, 3.05) is 0 Å². The van der Waals surface area contributed by atoms with Crippen LogP contribution in [0.2, 0.25) is 0 Å². The molecule has 0 aromatic heterocycles. The summed E-state index contributed by atoms with van der Waals surface area (Å²) in [7, 11) is 0. The molecule has 88 valence electrons. The largest absolute Gasteiger partial charge is 0.481 e. The number of nitrogens with two attached hydrogens (primary N) is 1. The van der Waals surface area contributed by atoms with E-state index in [1.807, 2.05) is 44.2 Å². The highest BCUT2D eigenvalue weighted by Crippen LogP contribution is 2.26. The monoisotopic (exact) mass is 221 g/mol. The Morgan fingerprint density at radius 1 is 1.31 bits per heavy atom. The summed E-state index contributed by atoms with van der Waals surface area (Å²) in [5, 5.41) is 8.92. The minimum atomic E-state index is -0.801. The number of aliphatic carboxylic acids is 1. The van der Waals surface area contributed by atoms with Crippen molar-refractivity contribution in [3.63, 3.8) is 0 Å². The van der Waals surface area contributed by atoms with Crippen LogP contribution in [0, 0.1) is 5.92 Å². The van der Waals surface area contributed by atoms with Crippen LogP contribution in [-0.4, -0.2) is 17.1 Å². The Bertz CT molecular complexity index is 335. The van der Waals surface area contributed by atoms with Crippen LogP contribution < -0.4 is 5.73 Å². The van der Waals surface area contributed by atoms with E-state index in [1.165, 1.54) is 0 Å². The normalized spacial score (nSPS) is 14.8. The average molecular weight is 221 g/mol. The molecule has 0 aliphatic heterocycles. The van der Waals surface area contributed by atoms with E-state index < -0.39 is 5.97 Å². The van der Waals surface area contributed by atoms with Crippen molar-refractivity contribution in [3.8, 4) is 0 Å². The second-order valence-corrected chi connectivity index (χ2v) is 4.44. The first kappa shape index (κ1) is 12.7. The Hall–Kier alpha value is -1.35. The van der Waals surface area contributed by atoms with Crippen LogP contribution in [0.3, 0.4) is 0 Å². The lowest BCUT2D eigenvalue weighted by molar-refractivity contribution is -0.137. The van der Waals surface area contributed by atoms with Gasteiger partial charge in [-0.2, -0.15) is 0 Å². The molecule has 0 saturated heterocycles. The fourth-order valence-corrected chi connectivity index (χ4v) is 1.83. The van der Waals surface area contributed by atoms with E-state index in [0.29, 0.717) is 0 Å². The highest BCUT2D eigenvalue weighted by Gasteiger charge is 2.24. The number of rotatable bonds is 5. The Morgan fingerprint density at radius 2 is 1.88 bits per heavy atom. The van der Waals surface area contributed by atoms with E-state index in [2.05, 4.69) is 0 Å². The minimum Gasteiger partial charge on any atom is -0.481 e. The molecule has 0 spiro atoms. The number of carboxylic acids is 1. The van der Waals surface area contributed by atoms with Gasteiger partial charge in [0, 0.05) is 12.0 Å². The second kappa shape index (κ2) is 5.66. The maximum Gasteiger partial charge on any atom is 0.304 e. The summed E-state index contributed by atoms with van der Waals surface area (Å²) in [6.45, 7) is 4.03. The van der Waals surface area contributed by atoms with E-state index in [4.69, 9.17) is 10.8 Å². The first-order chi connectivity index (χ1) is 7.52. The lowest BCUT2D eigenvalue weighted by Gasteiger charge is -2.26. The van der Waals surface area contributed by atoms with Gasteiger partial charge in [0.2, 0.25) is 0 Å². The van der Waals surface area contributed by atoms with Gasteiger partial charge < -0.3 is 10.8 Å². The summed E-state index contributed by atoms with van der Waals surface area (Å²) >= 11 is 0. The van der Waals surface area contributed by atoms with Crippen molar-refractivity contribution >= 4 is 5.97 Å². The zero-order valence-electron chi connectivity index (χ0n) is 9.76. The minimum absolute atomic E-state index is 0.0867. The highest BCUT2D eigenvalue weighted by atomic mass is 16.4. The van der Waals surface area contributed by atoms with Gasteiger partial charge in [0.05, 0.1) is 6.42 Å². The van der Waals surface area contributed by atoms with Crippen LogP contribution in [0.5, 0.6) is 0 Å². The summed E-state index contributed by atoms with van der Waals surface area (Å²) in [4.78, 5) is 10.9. The van der Waals surface area contributed by atoms with E-state index >= 15 is 0 Å². The van der Waals surface area contributed by atoms with Gasteiger partial charge in [-0.3, -0.25) is 4.79 Å². The predicted octanol–water partition coefficient (Wildman–Crippen LogP) is 2.23. The first-order valence-electron chi connectivity index (χ1n) is 5.54. The molecule has 1 aromatic carbocycles. The Morgan fingerprint density at radius 3 is 2.31 bits per heavy atom. The molecule has 1 aromatic rings. The standard InChI is InChI=1S/C13H19NO2/c1-9(2)13(14)11(8-12(15)16)10-6-4-3-5-7-10/h3-7,9,11,13H,8,14H2,1-2H3,(H,15,16)/t11-,13-/m1/s1. The van der Waals surface area contributed by atoms with Crippen molar-refractivity contribution < 1.29 is 9.90 Å². The molecular formula is C13H19NO2. The van der Waals surface area contributed by atoms with Crippen LogP contribution >= 0.6 is 0 Å². The molecule has 3 N–H and O–H groups in total. The molecule has 0 heterocycles. The molecule has 1 rings (SSSR count). The third-order valence-corrected chi connectivity index (χ3v) is 2.86. The molecule has 0 amide bonds. The summed E-state index contributed by atoms with van der Waals surface area (Å²) in [6.07, 6.45) is 0.0867. The smallest absolute Gasteiger partial charge is 0.304 e. The van der Waals surface area contributed by atoms with E-state index in [9.17, 15) is 4.79 Å². The van der Waals surface area contributed by atoms with Gasteiger partial charge in [-0.1, -0.05) is 44.2 Å². The summed E-state index contributed by atoms with van der Waals surface area (Å²) in [6, 6.07) is 9.50. The zero-order chi connectivity index (χ0) is 12.1. The molecule has 0 bridgehead atoms. The Labute approximate surface area is 96.3 Å². The fraction of sp³-hybridized carbons (Fsp3) is 0.462. The molecule has 2 atom stereocenters. The zero-order valence-corrected chi connectivity index (χ0v) is 9.76. The summed E-state index contributed by atoms with van der Waals surface area (Å²) in [5.41, 5.74) is 7.08. The van der Waals surface area contributed by atoms with Gasteiger partial charge in [0.1, 0.15) is 0 Å². The molecule has 0 unspecified atom stereocenters. The maximum atomic E-state index is 10.9. The molecule has 0 aliphatic rings. The fourth-order valence-electron chi connectivity index (χ4n) is 1.83.